The highest BCUT2D eigenvalue weighted by molar-refractivity contribution is 6.32. The van der Waals surface area contributed by atoms with Crippen molar-refractivity contribution in [2.75, 3.05) is 17.6 Å². The lowest BCUT2D eigenvalue weighted by Crippen LogP contribution is -2.35. The second kappa shape index (κ2) is 5.32. The fourth-order valence-corrected chi connectivity index (χ4v) is 1.40. The Morgan fingerprint density at radius 2 is 2.06 bits per heavy atom. The molecule has 1 rings (SSSR count). The highest BCUT2D eigenvalue weighted by Crippen LogP contribution is 2.23. The fourth-order valence-electron chi connectivity index (χ4n) is 1.26. The van der Waals surface area contributed by atoms with Gasteiger partial charge in [-0.05, 0) is 12.8 Å². The van der Waals surface area contributed by atoms with E-state index in [9.17, 15) is 5.11 Å². The number of anilines is 2. The third-order valence-corrected chi connectivity index (χ3v) is 3.04. The molecule has 0 saturated heterocycles. The van der Waals surface area contributed by atoms with Gasteiger partial charge in [-0.25, -0.2) is 9.97 Å². The molecule has 90 valence electrons. The molecule has 1 aromatic heterocycles. The lowest BCUT2D eigenvalue weighted by Gasteiger charge is -2.25. The van der Waals surface area contributed by atoms with Gasteiger partial charge in [0.05, 0.1) is 5.60 Å². The van der Waals surface area contributed by atoms with Gasteiger partial charge in [0.15, 0.2) is 11.0 Å². The van der Waals surface area contributed by atoms with Crippen molar-refractivity contribution in [2.45, 2.75) is 32.3 Å². The molecule has 0 aliphatic rings. The Labute approximate surface area is 100 Å². The van der Waals surface area contributed by atoms with Crippen LogP contribution in [0.25, 0.3) is 0 Å². The van der Waals surface area contributed by atoms with Crippen molar-refractivity contribution < 1.29 is 5.11 Å². The molecule has 0 bridgehead atoms. The van der Waals surface area contributed by atoms with E-state index in [1.807, 2.05) is 13.8 Å². The maximum absolute atomic E-state index is 10.1. The van der Waals surface area contributed by atoms with E-state index in [1.54, 1.807) is 0 Å². The maximum Gasteiger partial charge on any atom is 0.157 e. The van der Waals surface area contributed by atoms with Crippen molar-refractivity contribution in [3.63, 3.8) is 0 Å². The van der Waals surface area contributed by atoms with Crippen molar-refractivity contribution in [3.05, 3.63) is 11.5 Å². The van der Waals surface area contributed by atoms with Crippen molar-refractivity contribution in [3.8, 4) is 0 Å². The van der Waals surface area contributed by atoms with Gasteiger partial charge >= 0.3 is 0 Å². The van der Waals surface area contributed by atoms with E-state index in [1.165, 1.54) is 6.33 Å². The molecule has 16 heavy (non-hydrogen) atoms. The van der Waals surface area contributed by atoms with Gasteiger partial charge in [-0.15, -0.1) is 0 Å². The molecule has 0 amide bonds. The standard InChI is InChI=1S/C10H17ClN4O/c1-3-10(16,4-2)5-13-9-7(12)8(11)14-6-15-9/h6,16H,3-5,12H2,1-2H3,(H,13,14,15). The van der Waals surface area contributed by atoms with Crippen LogP contribution in [0, 0.1) is 0 Å². The Bertz CT molecular complexity index is 355. The van der Waals surface area contributed by atoms with Crippen molar-refractivity contribution in [2.24, 2.45) is 0 Å². The van der Waals surface area contributed by atoms with Crippen LogP contribution in [0.5, 0.6) is 0 Å². The Morgan fingerprint density at radius 3 is 2.62 bits per heavy atom. The minimum atomic E-state index is -0.746. The highest BCUT2D eigenvalue weighted by Gasteiger charge is 2.22. The molecule has 5 nitrogen and oxygen atoms in total. The minimum absolute atomic E-state index is 0.217. The summed E-state index contributed by atoms with van der Waals surface area (Å²) in [7, 11) is 0. The Hall–Kier alpha value is -1.07. The zero-order valence-electron chi connectivity index (χ0n) is 9.50. The molecule has 0 unspecified atom stereocenters. The predicted molar refractivity (Wildman–Crippen MR) is 65.5 cm³/mol. The number of halogens is 1. The third kappa shape index (κ3) is 2.96. The fraction of sp³-hybridized carbons (Fsp3) is 0.600. The molecule has 1 aromatic rings. The highest BCUT2D eigenvalue weighted by atomic mass is 35.5. The summed E-state index contributed by atoms with van der Waals surface area (Å²) in [5, 5.41) is 13.3. The van der Waals surface area contributed by atoms with E-state index >= 15 is 0 Å². The molecule has 0 spiro atoms. The van der Waals surface area contributed by atoms with Gasteiger partial charge in [0.25, 0.3) is 0 Å². The van der Waals surface area contributed by atoms with E-state index in [2.05, 4.69) is 15.3 Å². The molecule has 0 saturated carbocycles. The van der Waals surface area contributed by atoms with Crippen molar-refractivity contribution in [1.29, 1.82) is 0 Å². The largest absolute Gasteiger partial charge is 0.393 e. The number of nitrogens with one attached hydrogen (secondary N) is 1. The summed E-state index contributed by atoms with van der Waals surface area (Å²) < 4.78 is 0. The molecule has 0 aliphatic heterocycles. The van der Waals surface area contributed by atoms with Crippen LogP contribution in [0.3, 0.4) is 0 Å². The van der Waals surface area contributed by atoms with Gasteiger partial charge < -0.3 is 16.2 Å². The first kappa shape index (κ1) is 13.0. The number of aliphatic hydroxyl groups is 1. The SMILES string of the molecule is CCC(O)(CC)CNc1ncnc(Cl)c1N. The van der Waals surface area contributed by atoms with Crippen LogP contribution in [0.4, 0.5) is 11.5 Å². The number of nitrogen functional groups attached to an aromatic ring is 1. The van der Waals surface area contributed by atoms with E-state index in [4.69, 9.17) is 17.3 Å². The normalized spacial score (nSPS) is 11.5. The lowest BCUT2D eigenvalue weighted by molar-refractivity contribution is 0.0456. The smallest absolute Gasteiger partial charge is 0.157 e. The van der Waals surface area contributed by atoms with Crippen LogP contribution in [0.2, 0.25) is 5.15 Å². The van der Waals surface area contributed by atoms with Crippen molar-refractivity contribution >= 4 is 23.1 Å². The minimum Gasteiger partial charge on any atom is -0.393 e. The summed E-state index contributed by atoms with van der Waals surface area (Å²) in [6, 6.07) is 0. The second-order valence-corrected chi connectivity index (χ2v) is 4.07. The number of nitrogens with two attached hydrogens (primary N) is 1. The molecule has 1 heterocycles. The quantitative estimate of drug-likeness (QED) is 0.687. The van der Waals surface area contributed by atoms with Crippen molar-refractivity contribution in [1.82, 2.24) is 9.97 Å². The van der Waals surface area contributed by atoms with Crippen LogP contribution >= 0.6 is 11.6 Å². The third-order valence-electron chi connectivity index (χ3n) is 2.74. The predicted octanol–water partition coefficient (Wildman–Crippen LogP) is 1.68. The zero-order chi connectivity index (χ0) is 12.2. The summed E-state index contributed by atoms with van der Waals surface area (Å²) in [6.07, 6.45) is 2.66. The number of nitrogens with zero attached hydrogens (tertiary/aromatic N) is 2. The van der Waals surface area contributed by atoms with Gasteiger partial charge in [0.2, 0.25) is 0 Å². The summed E-state index contributed by atoms with van der Waals surface area (Å²) in [6.45, 7) is 4.25. The zero-order valence-corrected chi connectivity index (χ0v) is 10.3. The van der Waals surface area contributed by atoms with Crippen LogP contribution in [0.15, 0.2) is 6.33 Å². The number of aromatic nitrogens is 2. The average molecular weight is 245 g/mol. The summed E-state index contributed by atoms with van der Waals surface area (Å²) in [5.41, 5.74) is 5.25. The van der Waals surface area contributed by atoms with E-state index in [-0.39, 0.29) is 5.15 Å². The molecular weight excluding hydrogens is 228 g/mol. The first-order valence-corrected chi connectivity index (χ1v) is 5.62. The molecule has 0 aromatic carbocycles. The Balaban J connectivity index is 2.71. The molecule has 0 aliphatic carbocycles. The summed E-state index contributed by atoms with van der Waals surface area (Å²) >= 11 is 5.75. The summed E-state index contributed by atoms with van der Waals surface area (Å²) in [4.78, 5) is 7.72. The molecule has 0 atom stereocenters. The monoisotopic (exact) mass is 244 g/mol. The van der Waals surface area contributed by atoms with E-state index in [0.717, 1.165) is 0 Å². The van der Waals surface area contributed by atoms with Gasteiger partial charge in [-0.2, -0.15) is 0 Å². The number of hydrogen-bond acceptors (Lipinski definition) is 5. The van der Waals surface area contributed by atoms with Gasteiger partial charge in [0, 0.05) is 6.54 Å². The van der Waals surface area contributed by atoms with Gasteiger partial charge in [-0.3, -0.25) is 0 Å². The Morgan fingerprint density at radius 1 is 1.44 bits per heavy atom. The number of hydrogen-bond donors (Lipinski definition) is 3. The first-order valence-electron chi connectivity index (χ1n) is 5.24. The topological polar surface area (TPSA) is 84.1 Å². The average Bonchev–Trinajstić information content (AvgIpc) is 2.31. The molecule has 0 fully saturated rings. The van der Waals surface area contributed by atoms with Gasteiger partial charge in [-0.1, -0.05) is 25.4 Å². The van der Waals surface area contributed by atoms with Crippen LogP contribution in [-0.4, -0.2) is 27.2 Å². The van der Waals surface area contributed by atoms with Crippen LogP contribution < -0.4 is 11.1 Å². The van der Waals surface area contributed by atoms with Crippen LogP contribution in [-0.2, 0) is 0 Å². The molecule has 0 radical (unpaired) electrons. The Kier molecular flexibility index (Phi) is 4.32. The summed E-state index contributed by atoms with van der Waals surface area (Å²) in [5.74, 6) is 0.459. The molecule has 6 heteroatoms. The lowest BCUT2D eigenvalue weighted by atomic mass is 9.98. The molecule has 4 N–H and O–H groups in total. The van der Waals surface area contributed by atoms with Crippen LogP contribution in [0.1, 0.15) is 26.7 Å². The first-order chi connectivity index (χ1) is 7.52. The van der Waals surface area contributed by atoms with Gasteiger partial charge in [0.1, 0.15) is 12.0 Å². The second-order valence-electron chi connectivity index (χ2n) is 3.71. The maximum atomic E-state index is 10.1. The molecular formula is C10H17ClN4O. The number of rotatable bonds is 5. The van der Waals surface area contributed by atoms with E-state index < -0.39 is 5.60 Å². The van der Waals surface area contributed by atoms with E-state index in [0.29, 0.717) is 30.9 Å².